The monoisotopic (exact) mass is 284 g/mol. The molecule has 0 unspecified atom stereocenters. The maximum absolute atomic E-state index is 5.23. The molecular formula is C16H16N2OS. The number of nitrogens with zero attached hydrogens (tertiary/aromatic N) is 2. The van der Waals surface area contributed by atoms with Crippen LogP contribution in [0.2, 0.25) is 0 Å². The number of hydrogen-bond donors (Lipinski definition) is 0. The van der Waals surface area contributed by atoms with Crippen molar-refractivity contribution in [3.63, 3.8) is 0 Å². The van der Waals surface area contributed by atoms with Gasteiger partial charge in [-0.15, -0.1) is 11.3 Å². The van der Waals surface area contributed by atoms with E-state index in [1.165, 1.54) is 12.0 Å². The van der Waals surface area contributed by atoms with Crippen molar-refractivity contribution >= 4 is 11.3 Å². The molecule has 0 aliphatic rings. The molecule has 0 spiro atoms. The number of rotatable bonds is 5. The largest absolute Gasteiger partial charge is 0.472 e. The highest BCUT2D eigenvalue weighted by Crippen LogP contribution is 2.34. The highest BCUT2D eigenvalue weighted by atomic mass is 32.1. The zero-order valence-corrected chi connectivity index (χ0v) is 12.2. The van der Waals surface area contributed by atoms with Gasteiger partial charge in [-0.25, -0.2) is 0 Å². The van der Waals surface area contributed by atoms with Crippen molar-refractivity contribution in [2.24, 2.45) is 0 Å². The maximum atomic E-state index is 5.23. The van der Waals surface area contributed by atoms with E-state index in [2.05, 4.69) is 23.0 Å². The Bertz CT molecular complexity index is 660. The number of aryl methyl sites for hydroxylation is 1. The van der Waals surface area contributed by atoms with Crippen LogP contribution in [0.3, 0.4) is 0 Å². The molecule has 3 heterocycles. The minimum Gasteiger partial charge on any atom is -0.472 e. The van der Waals surface area contributed by atoms with Crippen LogP contribution in [0, 0.1) is 0 Å². The van der Waals surface area contributed by atoms with Crippen LogP contribution in [0.25, 0.3) is 21.6 Å². The smallest absolute Gasteiger partial charge is 0.0981 e. The quantitative estimate of drug-likeness (QED) is 0.675. The van der Waals surface area contributed by atoms with Gasteiger partial charge in [-0.05, 0) is 30.5 Å². The first-order chi connectivity index (χ1) is 9.88. The van der Waals surface area contributed by atoms with E-state index in [0.29, 0.717) is 0 Å². The number of hydrogen-bond acceptors (Lipinski definition) is 4. The normalized spacial score (nSPS) is 10.8. The van der Waals surface area contributed by atoms with Gasteiger partial charge < -0.3 is 4.42 Å². The molecule has 102 valence electrons. The van der Waals surface area contributed by atoms with Crippen molar-refractivity contribution in [1.29, 1.82) is 0 Å². The van der Waals surface area contributed by atoms with Crippen LogP contribution < -0.4 is 0 Å². The van der Waals surface area contributed by atoms with Crippen molar-refractivity contribution < 1.29 is 4.42 Å². The summed E-state index contributed by atoms with van der Waals surface area (Å²) < 4.78 is 5.23. The predicted octanol–water partition coefficient (Wildman–Crippen LogP) is 4.81. The van der Waals surface area contributed by atoms with E-state index in [9.17, 15) is 0 Å². The Morgan fingerprint density at radius 2 is 2.20 bits per heavy atom. The minimum atomic E-state index is 1.02. The Morgan fingerprint density at radius 1 is 1.25 bits per heavy atom. The van der Waals surface area contributed by atoms with Gasteiger partial charge in [-0.3, -0.25) is 9.97 Å². The average molecular weight is 284 g/mol. The Balaban J connectivity index is 2.06. The summed E-state index contributed by atoms with van der Waals surface area (Å²) in [5, 5.41) is 0. The number of unbranched alkanes of at least 4 members (excludes halogenated alkanes) is 1. The van der Waals surface area contributed by atoms with Gasteiger partial charge >= 0.3 is 0 Å². The van der Waals surface area contributed by atoms with Crippen LogP contribution in [0.15, 0.2) is 47.0 Å². The van der Waals surface area contributed by atoms with Crippen molar-refractivity contribution in [2.75, 3.05) is 0 Å². The van der Waals surface area contributed by atoms with Gasteiger partial charge in [-0.2, -0.15) is 0 Å². The molecule has 4 heteroatoms. The van der Waals surface area contributed by atoms with Crippen LogP contribution in [0.4, 0.5) is 0 Å². The molecule has 3 aromatic heterocycles. The second kappa shape index (κ2) is 6.01. The molecule has 0 aliphatic carbocycles. The van der Waals surface area contributed by atoms with E-state index in [1.54, 1.807) is 23.9 Å². The fraction of sp³-hybridized carbons (Fsp3) is 0.250. The Hall–Kier alpha value is -1.94. The second-order valence-electron chi connectivity index (χ2n) is 4.70. The molecule has 3 nitrogen and oxygen atoms in total. The molecule has 20 heavy (non-hydrogen) atoms. The molecule has 0 saturated carbocycles. The first-order valence-corrected chi connectivity index (χ1v) is 7.67. The lowest BCUT2D eigenvalue weighted by Crippen LogP contribution is -1.93. The molecule has 0 amide bonds. The van der Waals surface area contributed by atoms with Crippen molar-refractivity contribution in [2.45, 2.75) is 26.2 Å². The van der Waals surface area contributed by atoms with Crippen LogP contribution >= 0.6 is 11.3 Å². The Kier molecular flexibility index (Phi) is 3.92. The van der Waals surface area contributed by atoms with E-state index < -0.39 is 0 Å². The molecule has 0 aliphatic heterocycles. The second-order valence-corrected chi connectivity index (χ2v) is 5.59. The molecular weight excluding hydrogens is 268 g/mol. The van der Waals surface area contributed by atoms with Crippen molar-refractivity contribution in [3.8, 4) is 21.6 Å². The average Bonchev–Trinajstić information content (AvgIpc) is 3.17. The third kappa shape index (κ3) is 2.65. The van der Waals surface area contributed by atoms with Crippen LogP contribution in [0.1, 0.15) is 25.5 Å². The first-order valence-electron chi connectivity index (χ1n) is 6.79. The standard InChI is InChI=1S/C16H16N2OS/c1-2-3-4-13-7-14(12-5-6-19-10-12)15(8-18-13)16-9-17-11-20-16/h5-11H,2-4H2,1H3. The van der Waals surface area contributed by atoms with Crippen molar-refractivity contribution in [3.05, 3.63) is 48.3 Å². The number of aromatic nitrogens is 2. The summed E-state index contributed by atoms with van der Waals surface area (Å²) in [6, 6.07) is 4.17. The SMILES string of the molecule is CCCCc1cc(-c2ccoc2)c(-c2cncs2)cn1. The summed E-state index contributed by atoms with van der Waals surface area (Å²) >= 11 is 1.63. The fourth-order valence-electron chi connectivity index (χ4n) is 2.19. The molecule has 0 fully saturated rings. The molecule has 0 saturated heterocycles. The van der Waals surface area contributed by atoms with E-state index in [-0.39, 0.29) is 0 Å². The van der Waals surface area contributed by atoms with Crippen LogP contribution in [-0.2, 0) is 6.42 Å². The molecule has 0 bridgehead atoms. The van der Waals surface area contributed by atoms with Gasteiger partial charge in [-0.1, -0.05) is 13.3 Å². The van der Waals surface area contributed by atoms with Crippen LogP contribution in [0.5, 0.6) is 0 Å². The minimum absolute atomic E-state index is 1.02. The molecule has 3 aromatic rings. The lowest BCUT2D eigenvalue weighted by Gasteiger charge is -2.08. The molecule has 0 atom stereocenters. The summed E-state index contributed by atoms with van der Waals surface area (Å²) in [6.07, 6.45) is 10.7. The van der Waals surface area contributed by atoms with E-state index in [1.807, 2.05) is 24.0 Å². The summed E-state index contributed by atoms with van der Waals surface area (Å²) in [7, 11) is 0. The number of pyridine rings is 1. The zero-order valence-electron chi connectivity index (χ0n) is 11.4. The van der Waals surface area contributed by atoms with Crippen LogP contribution in [-0.4, -0.2) is 9.97 Å². The molecule has 0 N–H and O–H groups in total. The third-order valence-electron chi connectivity index (χ3n) is 3.28. The Morgan fingerprint density at radius 3 is 2.90 bits per heavy atom. The number of furan rings is 1. The predicted molar refractivity (Wildman–Crippen MR) is 81.7 cm³/mol. The first kappa shape index (κ1) is 13.1. The van der Waals surface area contributed by atoms with Gasteiger partial charge in [0.05, 0.1) is 22.9 Å². The Labute approximate surface area is 122 Å². The van der Waals surface area contributed by atoms with Gasteiger partial charge in [0, 0.05) is 29.2 Å². The lowest BCUT2D eigenvalue weighted by molar-refractivity contribution is 0.568. The molecule has 3 rings (SSSR count). The van der Waals surface area contributed by atoms with E-state index >= 15 is 0 Å². The summed E-state index contributed by atoms with van der Waals surface area (Å²) in [6.45, 7) is 2.20. The third-order valence-corrected chi connectivity index (χ3v) is 4.08. The van der Waals surface area contributed by atoms with Gasteiger partial charge in [0.2, 0.25) is 0 Å². The van der Waals surface area contributed by atoms with Gasteiger partial charge in [0.25, 0.3) is 0 Å². The zero-order chi connectivity index (χ0) is 13.8. The maximum Gasteiger partial charge on any atom is 0.0981 e. The van der Waals surface area contributed by atoms with Gasteiger partial charge in [0.1, 0.15) is 0 Å². The summed E-state index contributed by atoms with van der Waals surface area (Å²) in [5.74, 6) is 0. The van der Waals surface area contributed by atoms with E-state index in [4.69, 9.17) is 4.42 Å². The topological polar surface area (TPSA) is 38.9 Å². The van der Waals surface area contributed by atoms with Crippen molar-refractivity contribution in [1.82, 2.24) is 9.97 Å². The molecule has 0 aromatic carbocycles. The summed E-state index contributed by atoms with van der Waals surface area (Å²) in [4.78, 5) is 9.89. The number of thiazole rings is 1. The molecule has 0 radical (unpaired) electrons. The fourth-order valence-corrected chi connectivity index (χ4v) is 2.84. The highest BCUT2D eigenvalue weighted by Gasteiger charge is 2.11. The summed E-state index contributed by atoms with van der Waals surface area (Å²) in [5.41, 5.74) is 6.36. The van der Waals surface area contributed by atoms with E-state index in [0.717, 1.165) is 34.5 Å². The lowest BCUT2D eigenvalue weighted by atomic mass is 10.0. The highest BCUT2D eigenvalue weighted by molar-refractivity contribution is 7.13. The van der Waals surface area contributed by atoms with Gasteiger partial charge in [0.15, 0.2) is 0 Å².